The summed E-state index contributed by atoms with van der Waals surface area (Å²) in [5, 5.41) is 0. The first-order chi connectivity index (χ1) is 15.8. The summed E-state index contributed by atoms with van der Waals surface area (Å²) in [6, 6.07) is 18.4. The van der Waals surface area contributed by atoms with E-state index >= 15 is 0 Å². The summed E-state index contributed by atoms with van der Waals surface area (Å²) in [6.45, 7) is 4.09. The zero-order valence-corrected chi connectivity index (χ0v) is 20.8. The van der Waals surface area contributed by atoms with Crippen molar-refractivity contribution in [1.29, 1.82) is 0 Å². The van der Waals surface area contributed by atoms with Crippen LogP contribution < -0.4 is 0 Å². The van der Waals surface area contributed by atoms with Gasteiger partial charge in [-0.25, -0.2) is 13.2 Å². The van der Waals surface area contributed by atoms with E-state index in [9.17, 15) is 13.2 Å². The Morgan fingerprint density at radius 1 is 0.909 bits per heavy atom. The maximum Gasteiger partial charge on any atom is 0.320 e. The van der Waals surface area contributed by atoms with Crippen molar-refractivity contribution in [3.05, 3.63) is 71.3 Å². The molecule has 0 N–H and O–H groups in total. The normalized spacial score (nSPS) is 25.5. The van der Waals surface area contributed by atoms with Gasteiger partial charge in [0.1, 0.15) is 10.7 Å². The molecule has 2 aromatic rings. The van der Waals surface area contributed by atoms with Crippen molar-refractivity contribution in [1.82, 2.24) is 14.7 Å². The number of likely N-dealkylation sites (N-methyl/N-ethyl adjacent to an activating group) is 1. The molecule has 1 aliphatic heterocycles. The summed E-state index contributed by atoms with van der Waals surface area (Å²) >= 11 is 0. The van der Waals surface area contributed by atoms with Crippen LogP contribution in [0.3, 0.4) is 0 Å². The number of rotatable bonds is 7. The van der Waals surface area contributed by atoms with Crippen molar-refractivity contribution in [2.75, 3.05) is 27.2 Å². The lowest BCUT2D eigenvalue weighted by molar-refractivity contribution is 0.0261. The number of carbonyl (C=O) groups excluding carboxylic acids is 1. The van der Waals surface area contributed by atoms with E-state index in [1.54, 1.807) is 0 Å². The first kappa shape index (κ1) is 23.8. The molecule has 0 bridgehead atoms. The molecular formula is C26H35N3O3S. The minimum Gasteiger partial charge on any atom is -0.318 e. The fourth-order valence-electron chi connectivity index (χ4n) is 5.90. The Labute approximate surface area is 199 Å². The highest BCUT2D eigenvalue weighted by molar-refractivity contribution is 7.71. The largest absolute Gasteiger partial charge is 0.320 e. The number of benzene rings is 2. The van der Waals surface area contributed by atoms with Gasteiger partial charge in [-0.1, -0.05) is 54.6 Å². The van der Waals surface area contributed by atoms with Crippen LogP contribution in [0, 0.1) is 0 Å². The molecule has 0 unspecified atom stereocenters. The minimum atomic E-state index is -2.43. The molecule has 2 fully saturated rings. The SMILES string of the molecule is CCN1C(=O)N(Cc2ccc(C[SH](=O)=O)cc2)CC12CCC(c1ccccc1)(N(C)C)CC2. The summed E-state index contributed by atoms with van der Waals surface area (Å²) in [4.78, 5) is 19.8. The van der Waals surface area contributed by atoms with E-state index in [-0.39, 0.29) is 22.9 Å². The van der Waals surface area contributed by atoms with E-state index in [0.717, 1.165) is 43.4 Å². The quantitative estimate of drug-likeness (QED) is 0.626. The van der Waals surface area contributed by atoms with E-state index in [2.05, 4.69) is 61.2 Å². The predicted molar refractivity (Wildman–Crippen MR) is 132 cm³/mol. The van der Waals surface area contributed by atoms with Gasteiger partial charge in [-0.3, -0.25) is 4.90 Å². The first-order valence-corrected chi connectivity index (χ1v) is 13.1. The number of hydrogen-bond acceptors (Lipinski definition) is 4. The van der Waals surface area contributed by atoms with E-state index in [0.29, 0.717) is 13.1 Å². The number of amides is 2. The van der Waals surface area contributed by atoms with Gasteiger partial charge in [0.05, 0.1) is 11.3 Å². The van der Waals surface area contributed by atoms with Crippen LogP contribution in [0.1, 0.15) is 49.3 Å². The lowest BCUT2D eigenvalue weighted by Crippen LogP contribution is -2.55. The highest BCUT2D eigenvalue weighted by Gasteiger charge is 2.53. The Morgan fingerprint density at radius 3 is 2.06 bits per heavy atom. The highest BCUT2D eigenvalue weighted by atomic mass is 32.2. The van der Waals surface area contributed by atoms with E-state index < -0.39 is 10.7 Å². The second-order valence-electron chi connectivity index (χ2n) is 9.71. The Balaban J connectivity index is 1.51. The molecule has 0 atom stereocenters. The Morgan fingerprint density at radius 2 is 1.52 bits per heavy atom. The van der Waals surface area contributed by atoms with Gasteiger partial charge in [0, 0.05) is 25.2 Å². The predicted octanol–water partition coefficient (Wildman–Crippen LogP) is 3.83. The monoisotopic (exact) mass is 469 g/mol. The molecule has 2 amide bonds. The van der Waals surface area contributed by atoms with E-state index in [1.165, 1.54) is 5.56 Å². The third-order valence-corrected chi connectivity index (χ3v) is 8.38. The van der Waals surface area contributed by atoms with Crippen LogP contribution in [0.4, 0.5) is 4.79 Å². The number of hydrogen-bond donors (Lipinski definition) is 1. The van der Waals surface area contributed by atoms with Crippen molar-refractivity contribution in [3.8, 4) is 0 Å². The average Bonchev–Trinajstić information content (AvgIpc) is 3.06. The molecule has 1 saturated carbocycles. The molecule has 1 spiro atoms. The molecule has 178 valence electrons. The number of thiol groups is 1. The summed E-state index contributed by atoms with van der Waals surface area (Å²) in [6.07, 6.45) is 3.99. The second-order valence-corrected chi connectivity index (χ2v) is 10.7. The molecule has 2 aliphatic rings. The van der Waals surface area contributed by atoms with Gasteiger partial charge in [0.15, 0.2) is 0 Å². The van der Waals surface area contributed by atoms with Crippen LogP contribution in [0.15, 0.2) is 54.6 Å². The molecular weight excluding hydrogens is 434 g/mol. The van der Waals surface area contributed by atoms with Gasteiger partial charge in [-0.15, -0.1) is 0 Å². The first-order valence-electron chi connectivity index (χ1n) is 11.8. The van der Waals surface area contributed by atoms with Crippen molar-refractivity contribution < 1.29 is 13.2 Å². The summed E-state index contributed by atoms with van der Waals surface area (Å²) in [5.74, 6) is 0.0556. The third kappa shape index (κ3) is 4.53. The smallest absolute Gasteiger partial charge is 0.318 e. The van der Waals surface area contributed by atoms with Crippen LogP contribution in [-0.2, 0) is 28.5 Å². The zero-order valence-electron chi connectivity index (χ0n) is 19.9. The maximum atomic E-state index is 13.4. The number of nitrogens with zero attached hydrogens (tertiary/aromatic N) is 3. The topological polar surface area (TPSA) is 60.9 Å². The van der Waals surface area contributed by atoms with Crippen LogP contribution >= 0.6 is 0 Å². The molecule has 2 aromatic carbocycles. The summed E-state index contributed by atoms with van der Waals surface area (Å²) in [5.41, 5.74) is 3.04. The van der Waals surface area contributed by atoms with Crippen LogP contribution in [0.25, 0.3) is 0 Å². The molecule has 6 nitrogen and oxygen atoms in total. The molecule has 0 radical (unpaired) electrons. The lowest BCUT2D eigenvalue weighted by Gasteiger charge is -2.51. The van der Waals surface area contributed by atoms with Crippen molar-refractivity contribution in [2.45, 2.75) is 56.0 Å². The van der Waals surface area contributed by atoms with Crippen molar-refractivity contribution >= 4 is 16.7 Å². The van der Waals surface area contributed by atoms with Gasteiger partial charge >= 0.3 is 6.03 Å². The minimum absolute atomic E-state index is 0.000746. The fourth-order valence-corrected chi connectivity index (χ4v) is 6.40. The van der Waals surface area contributed by atoms with Crippen molar-refractivity contribution in [2.24, 2.45) is 0 Å². The highest BCUT2D eigenvalue weighted by Crippen LogP contribution is 2.48. The van der Waals surface area contributed by atoms with Crippen molar-refractivity contribution in [3.63, 3.8) is 0 Å². The molecule has 1 saturated heterocycles. The number of urea groups is 1. The van der Waals surface area contributed by atoms with E-state index in [1.807, 2.05) is 29.2 Å². The van der Waals surface area contributed by atoms with Gasteiger partial charge in [0.2, 0.25) is 0 Å². The molecule has 1 aliphatic carbocycles. The Bertz CT molecular complexity index is 1030. The van der Waals surface area contributed by atoms with Gasteiger partial charge in [0.25, 0.3) is 0 Å². The third-order valence-electron chi connectivity index (χ3n) is 7.76. The number of carbonyl (C=O) groups is 1. The van der Waals surface area contributed by atoms with Crippen LogP contribution in [0.5, 0.6) is 0 Å². The Kier molecular flexibility index (Phi) is 6.82. The fraction of sp³-hybridized carbons (Fsp3) is 0.500. The molecule has 33 heavy (non-hydrogen) atoms. The van der Waals surface area contributed by atoms with Crippen LogP contribution in [-0.4, -0.2) is 61.9 Å². The molecule has 1 heterocycles. The summed E-state index contributed by atoms with van der Waals surface area (Å²) < 4.78 is 21.9. The van der Waals surface area contributed by atoms with Gasteiger partial charge in [-0.2, -0.15) is 0 Å². The maximum absolute atomic E-state index is 13.4. The summed E-state index contributed by atoms with van der Waals surface area (Å²) in [7, 11) is 1.90. The van der Waals surface area contributed by atoms with E-state index in [4.69, 9.17) is 0 Å². The van der Waals surface area contributed by atoms with Gasteiger partial charge in [-0.05, 0) is 63.4 Å². The molecule has 4 rings (SSSR count). The Hall–Kier alpha value is -2.38. The lowest BCUT2D eigenvalue weighted by atomic mass is 9.68. The average molecular weight is 470 g/mol. The second kappa shape index (κ2) is 9.47. The molecule has 0 aromatic heterocycles. The zero-order chi connectivity index (χ0) is 23.6. The standard InChI is InChI=1S/C26H35N3O3S/c1-4-29-24(30)28(18-21-10-12-22(13-11-21)19-33(31)32)20-25(29)14-16-26(17-15-25,27(2)3)23-8-6-5-7-9-23/h5-13,33H,4,14-20H2,1-3H3. The van der Waals surface area contributed by atoms with Gasteiger partial charge < -0.3 is 9.80 Å². The van der Waals surface area contributed by atoms with Crippen LogP contribution in [0.2, 0.25) is 0 Å². The molecule has 7 heteroatoms.